The standard InChI is InChI=1S/C18H28BrN/c1-11(2)16-7-6-12(3)8-17(16)20-18-13(4)9-15(19)10-14(18)5/h9-12,16-17,20H,6-8H2,1-5H3. The molecule has 112 valence electrons. The molecule has 0 heterocycles. The van der Waals surface area contributed by atoms with E-state index in [0.717, 1.165) is 17.8 Å². The topological polar surface area (TPSA) is 12.0 Å². The van der Waals surface area contributed by atoms with Crippen molar-refractivity contribution in [3.8, 4) is 0 Å². The molecule has 0 saturated heterocycles. The minimum absolute atomic E-state index is 0.623. The average Bonchev–Trinajstić information content (AvgIpc) is 2.33. The lowest BCUT2D eigenvalue weighted by atomic mass is 9.74. The van der Waals surface area contributed by atoms with E-state index in [-0.39, 0.29) is 0 Å². The third-order valence-electron chi connectivity index (χ3n) is 4.85. The number of aryl methyl sites for hydroxylation is 2. The highest BCUT2D eigenvalue weighted by Crippen LogP contribution is 2.36. The van der Waals surface area contributed by atoms with Gasteiger partial charge in [-0.1, -0.05) is 43.1 Å². The predicted octanol–water partition coefficient (Wildman–Crippen LogP) is 5.94. The molecule has 1 N–H and O–H groups in total. The van der Waals surface area contributed by atoms with Crippen LogP contribution >= 0.6 is 15.9 Å². The van der Waals surface area contributed by atoms with Crippen molar-refractivity contribution in [1.82, 2.24) is 0 Å². The number of anilines is 1. The van der Waals surface area contributed by atoms with Gasteiger partial charge in [-0.25, -0.2) is 0 Å². The fourth-order valence-electron chi connectivity index (χ4n) is 3.69. The van der Waals surface area contributed by atoms with E-state index in [0.29, 0.717) is 6.04 Å². The number of halogens is 1. The lowest BCUT2D eigenvalue weighted by Crippen LogP contribution is -2.38. The average molecular weight is 338 g/mol. The second-order valence-electron chi connectivity index (χ2n) is 6.99. The molecule has 1 aromatic rings. The van der Waals surface area contributed by atoms with Crippen LogP contribution in [0.15, 0.2) is 16.6 Å². The van der Waals surface area contributed by atoms with E-state index in [1.54, 1.807) is 0 Å². The molecule has 0 aliphatic heterocycles. The third kappa shape index (κ3) is 3.58. The molecule has 0 bridgehead atoms. The van der Waals surface area contributed by atoms with E-state index in [1.807, 2.05) is 0 Å². The van der Waals surface area contributed by atoms with Crippen molar-refractivity contribution in [2.24, 2.45) is 17.8 Å². The van der Waals surface area contributed by atoms with Gasteiger partial charge >= 0.3 is 0 Å². The Bertz CT molecular complexity index is 443. The lowest BCUT2D eigenvalue weighted by molar-refractivity contribution is 0.212. The van der Waals surface area contributed by atoms with Crippen LogP contribution in [0.5, 0.6) is 0 Å². The minimum atomic E-state index is 0.623. The van der Waals surface area contributed by atoms with E-state index in [2.05, 4.69) is 68.0 Å². The summed E-state index contributed by atoms with van der Waals surface area (Å²) in [6.45, 7) is 11.5. The first kappa shape index (κ1) is 15.9. The summed E-state index contributed by atoms with van der Waals surface area (Å²) in [7, 11) is 0. The fourth-order valence-corrected chi connectivity index (χ4v) is 4.38. The summed E-state index contributed by atoms with van der Waals surface area (Å²) >= 11 is 3.59. The maximum absolute atomic E-state index is 3.89. The summed E-state index contributed by atoms with van der Waals surface area (Å²) in [6, 6.07) is 5.05. The van der Waals surface area contributed by atoms with Crippen molar-refractivity contribution < 1.29 is 0 Å². The molecule has 1 fully saturated rings. The second kappa shape index (κ2) is 6.51. The molecular formula is C18H28BrN. The van der Waals surface area contributed by atoms with Crippen LogP contribution in [0.3, 0.4) is 0 Å². The highest BCUT2D eigenvalue weighted by atomic mass is 79.9. The minimum Gasteiger partial charge on any atom is -0.382 e. The van der Waals surface area contributed by atoms with Crippen molar-refractivity contribution in [3.63, 3.8) is 0 Å². The van der Waals surface area contributed by atoms with Crippen LogP contribution in [-0.4, -0.2) is 6.04 Å². The van der Waals surface area contributed by atoms with Crippen LogP contribution < -0.4 is 5.32 Å². The molecule has 1 aliphatic carbocycles. The zero-order valence-corrected chi connectivity index (χ0v) is 15.0. The number of nitrogens with one attached hydrogen (secondary N) is 1. The molecule has 1 aliphatic rings. The normalized spacial score (nSPS) is 26.9. The molecule has 0 amide bonds. The Morgan fingerprint density at radius 3 is 2.30 bits per heavy atom. The van der Waals surface area contributed by atoms with Crippen LogP contribution in [-0.2, 0) is 0 Å². The highest BCUT2D eigenvalue weighted by molar-refractivity contribution is 9.10. The zero-order chi connectivity index (χ0) is 14.9. The number of hydrogen-bond donors (Lipinski definition) is 1. The second-order valence-corrected chi connectivity index (χ2v) is 7.91. The van der Waals surface area contributed by atoms with Crippen LogP contribution in [0.2, 0.25) is 0 Å². The zero-order valence-electron chi connectivity index (χ0n) is 13.5. The molecule has 20 heavy (non-hydrogen) atoms. The Balaban J connectivity index is 2.22. The number of benzene rings is 1. The van der Waals surface area contributed by atoms with Crippen LogP contribution in [0.1, 0.15) is 51.2 Å². The largest absolute Gasteiger partial charge is 0.382 e. The predicted molar refractivity (Wildman–Crippen MR) is 92.4 cm³/mol. The maximum atomic E-state index is 3.89. The summed E-state index contributed by atoms with van der Waals surface area (Å²) in [5, 5.41) is 3.89. The summed E-state index contributed by atoms with van der Waals surface area (Å²) < 4.78 is 1.18. The smallest absolute Gasteiger partial charge is 0.0402 e. The van der Waals surface area contributed by atoms with Gasteiger partial charge in [0.2, 0.25) is 0 Å². The molecule has 3 unspecified atom stereocenters. The molecular weight excluding hydrogens is 310 g/mol. The van der Waals surface area contributed by atoms with Crippen molar-refractivity contribution in [3.05, 3.63) is 27.7 Å². The first-order valence-electron chi connectivity index (χ1n) is 7.91. The van der Waals surface area contributed by atoms with E-state index in [4.69, 9.17) is 0 Å². The summed E-state index contributed by atoms with van der Waals surface area (Å²) in [6.07, 6.45) is 4.06. The maximum Gasteiger partial charge on any atom is 0.0402 e. The lowest BCUT2D eigenvalue weighted by Gasteiger charge is -2.39. The van der Waals surface area contributed by atoms with Gasteiger partial charge in [0.25, 0.3) is 0 Å². The molecule has 0 spiro atoms. The van der Waals surface area contributed by atoms with Gasteiger partial charge in [-0.3, -0.25) is 0 Å². The molecule has 0 aromatic heterocycles. The Morgan fingerprint density at radius 1 is 1.15 bits per heavy atom. The molecule has 2 rings (SSSR count). The van der Waals surface area contributed by atoms with Crippen molar-refractivity contribution >= 4 is 21.6 Å². The van der Waals surface area contributed by atoms with Gasteiger partial charge in [-0.05, 0) is 67.7 Å². The number of rotatable bonds is 3. The van der Waals surface area contributed by atoms with E-state index in [1.165, 1.54) is 40.5 Å². The van der Waals surface area contributed by atoms with Gasteiger partial charge in [-0.15, -0.1) is 0 Å². The van der Waals surface area contributed by atoms with Gasteiger partial charge in [-0.2, -0.15) is 0 Å². The van der Waals surface area contributed by atoms with Gasteiger partial charge < -0.3 is 5.32 Å². The van der Waals surface area contributed by atoms with Gasteiger partial charge in [0, 0.05) is 16.2 Å². The summed E-state index contributed by atoms with van der Waals surface area (Å²) in [5.74, 6) is 2.41. The van der Waals surface area contributed by atoms with Gasteiger partial charge in [0.05, 0.1) is 0 Å². The van der Waals surface area contributed by atoms with Gasteiger partial charge in [0.15, 0.2) is 0 Å². The molecule has 1 saturated carbocycles. The SMILES string of the molecule is Cc1cc(Br)cc(C)c1NC1CC(C)CCC1C(C)C. The molecule has 3 atom stereocenters. The Morgan fingerprint density at radius 2 is 1.75 bits per heavy atom. The van der Waals surface area contributed by atoms with Crippen LogP contribution in [0.4, 0.5) is 5.69 Å². The van der Waals surface area contributed by atoms with E-state index < -0.39 is 0 Å². The molecule has 1 aromatic carbocycles. The summed E-state index contributed by atoms with van der Waals surface area (Å²) in [4.78, 5) is 0. The van der Waals surface area contributed by atoms with Crippen molar-refractivity contribution in [1.29, 1.82) is 0 Å². The first-order valence-corrected chi connectivity index (χ1v) is 8.71. The third-order valence-corrected chi connectivity index (χ3v) is 5.31. The first-order chi connectivity index (χ1) is 9.38. The van der Waals surface area contributed by atoms with Crippen molar-refractivity contribution in [2.75, 3.05) is 5.32 Å². The van der Waals surface area contributed by atoms with Crippen molar-refractivity contribution in [2.45, 2.75) is 59.9 Å². The van der Waals surface area contributed by atoms with Gasteiger partial charge in [0.1, 0.15) is 0 Å². The Labute approximate surface area is 132 Å². The summed E-state index contributed by atoms with van der Waals surface area (Å²) in [5.41, 5.74) is 4.04. The molecule has 0 radical (unpaired) electrons. The van der Waals surface area contributed by atoms with E-state index in [9.17, 15) is 0 Å². The Hall–Kier alpha value is -0.500. The Kier molecular flexibility index (Phi) is 5.17. The highest BCUT2D eigenvalue weighted by Gasteiger charge is 2.31. The number of hydrogen-bond acceptors (Lipinski definition) is 1. The molecule has 2 heteroatoms. The monoisotopic (exact) mass is 337 g/mol. The quantitative estimate of drug-likeness (QED) is 0.719. The van der Waals surface area contributed by atoms with Crippen LogP contribution in [0.25, 0.3) is 0 Å². The molecule has 1 nitrogen and oxygen atoms in total. The van der Waals surface area contributed by atoms with Crippen LogP contribution in [0, 0.1) is 31.6 Å². The fraction of sp³-hybridized carbons (Fsp3) is 0.667. The van der Waals surface area contributed by atoms with E-state index >= 15 is 0 Å².